The van der Waals surface area contributed by atoms with Crippen LogP contribution in [0.1, 0.15) is 71.6 Å². The molecule has 0 aliphatic rings. The van der Waals surface area contributed by atoms with E-state index in [9.17, 15) is 14.7 Å². The highest BCUT2D eigenvalue weighted by Gasteiger charge is 2.06. The number of hydrogen-bond donors (Lipinski definition) is 3. The van der Waals surface area contributed by atoms with Gasteiger partial charge in [0.25, 0.3) is 5.12 Å². The molecule has 0 spiro atoms. The fraction of sp³-hybridized carbons (Fsp3) is 0.789. The number of carbonyl (C=O) groups is 2. The lowest BCUT2D eigenvalue weighted by Gasteiger charge is -2.09. The second-order valence-electron chi connectivity index (χ2n) is 6.23. The molecule has 144 valence electrons. The van der Waals surface area contributed by atoms with E-state index in [1.54, 1.807) is 6.92 Å². The molecular formula is C19H33NO4S. The summed E-state index contributed by atoms with van der Waals surface area (Å²) in [6.07, 6.45) is 6.24. The van der Waals surface area contributed by atoms with Gasteiger partial charge >= 0.3 is 0 Å². The summed E-state index contributed by atoms with van der Waals surface area (Å²) < 4.78 is 0. The van der Waals surface area contributed by atoms with Crippen LogP contribution in [0.4, 0.5) is 0 Å². The summed E-state index contributed by atoms with van der Waals surface area (Å²) in [4.78, 5) is 23.2. The molecule has 0 rings (SSSR count). The van der Waals surface area contributed by atoms with Crippen molar-refractivity contribution >= 4 is 22.8 Å². The first-order chi connectivity index (χ1) is 12.0. The highest BCUT2D eigenvalue weighted by molar-refractivity contribution is 8.14. The fourth-order valence-electron chi connectivity index (χ4n) is 2.23. The minimum absolute atomic E-state index is 0.0442. The summed E-state index contributed by atoms with van der Waals surface area (Å²) in [5.41, 5.74) is 0. The molecule has 2 atom stereocenters. The topological polar surface area (TPSA) is 86.6 Å². The van der Waals surface area contributed by atoms with Crippen LogP contribution in [-0.2, 0) is 9.59 Å². The quantitative estimate of drug-likeness (QED) is 0.342. The van der Waals surface area contributed by atoms with Crippen LogP contribution in [-0.4, -0.2) is 45.7 Å². The molecule has 0 fully saturated rings. The number of aliphatic hydroxyl groups excluding tert-OH is 2. The lowest BCUT2D eigenvalue weighted by atomic mass is 10.1. The van der Waals surface area contributed by atoms with Crippen LogP contribution in [0.25, 0.3) is 0 Å². The Morgan fingerprint density at radius 3 is 2.56 bits per heavy atom. The summed E-state index contributed by atoms with van der Waals surface area (Å²) in [5, 5.41) is 21.3. The average molecular weight is 372 g/mol. The number of hydrogen-bond acceptors (Lipinski definition) is 5. The first-order valence-electron chi connectivity index (χ1n) is 9.24. The maximum Gasteiger partial charge on any atom is 0.262 e. The Balaban J connectivity index is 3.61. The Hall–Kier alpha value is -1.03. The van der Waals surface area contributed by atoms with E-state index in [4.69, 9.17) is 5.11 Å². The molecule has 0 aromatic rings. The van der Waals surface area contributed by atoms with Crippen LogP contribution in [0.15, 0.2) is 0 Å². The molecule has 0 unspecified atom stereocenters. The first-order valence-corrected chi connectivity index (χ1v) is 10.2. The van der Waals surface area contributed by atoms with Crippen molar-refractivity contribution in [3.05, 3.63) is 0 Å². The van der Waals surface area contributed by atoms with E-state index in [-0.39, 0.29) is 11.0 Å². The summed E-state index contributed by atoms with van der Waals surface area (Å²) in [5.74, 6) is 5.81. The normalized spacial score (nSPS) is 12.8. The Morgan fingerprint density at radius 2 is 1.88 bits per heavy atom. The maximum atomic E-state index is 11.6. The predicted molar refractivity (Wildman–Crippen MR) is 103 cm³/mol. The predicted octanol–water partition coefficient (Wildman–Crippen LogP) is 2.64. The Morgan fingerprint density at radius 1 is 1.16 bits per heavy atom. The molecule has 0 bridgehead atoms. The Labute approximate surface area is 156 Å². The monoisotopic (exact) mass is 371 g/mol. The second-order valence-corrected chi connectivity index (χ2v) is 7.30. The van der Waals surface area contributed by atoms with Crippen molar-refractivity contribution in [2.45, 2.75) is 83.8 Å². The van der Waals surface area contributed by atoms with Gasteiger partial charge in [-0.1, -0.05) is 50.3 Å². The highest BCUT2D eigenvalue weighted by Crippen LogP contribution is 2.06. The van der Waals surface area contributed by atoms with E-state index < -0.39 is 12.2 Å². The third-order valence-corrected chi connectivity index (χ3v) is 4.34. The van der Waals surface area contributed by atoms with Crippen molar-refractivity contribution in [2.75, 3.05) is 12.3 Å². The van der Waals surface area contributed by atoms with Crippen molar-refractivity contribution in [2.24, 2.45) is 0 Å². The van der Waals surface area contributed by atoms with Crippen molar-refractivity contribution in [1.29, 1.82) is 0 Å². The number of nitrogens with one attached hydrogen (secondary N) is 1. The summed E-state index contributed by atoms with van der Waals surface area (Å²) in [6, 6.07) is 0. The average Bonchev–Trinajstić information content (AvgIpc) is 2.55. The molecule has 5 nitrogen and oxygen atoms in total. The molecular weight excluding hydrogens is 338 g/mol. The molecule has 0 heterocycles. The molecule has 0 saturated carbocycles. The van der Waals surface area contributed by atoms with Crippen molar-refractivity contribution in [1.82, 2.24) is 5.32 Å². The number of carbonyl (C=O) groups excluding carboxylic acids is 2. The molecule has 1 amide bonds. The van der Waals surface area contributed by atoms with Gasteiger partial charge in [-0.3, -0.25) is 9.59 Å². The summed E-state index contributed by atoms with van der Waals surface area (Å²) in [6.45, 7) is 4.26. The maximum absolute atomic E-state index is 11.6. The zero-order valence-electron chi connectivity index (χ0n) is 15.6. The van der Waals surface area contributed by atoms with Crippen LogP contribution in [0.5, 0.6) is 0 Å². The van der Waals surface area contributed by atoms with E-state index in [1.165, 1.54) is 19.3 Å². The first kappa shape index (κ1) is 24.0. The lowest BCUT2D eigenvalue weighted by molar-refractivity contribution is -0.121. The molecule has 0 radical (unpaired) electrons. The molecule has 25 heavy (non-hydrogen) atoms. The lowest BCUT2D eigenvalue weighted by Crippen LogP contribution is -2.25. The highest BCUT2D eigenvalue weighted by atomic mass is 32.2. The summed E-state index contributed by atoms with van der Waals surface area (Å²) in [7, 11) is 0. The molecule has 0 aliphatic heterocycles. The zero-order chi connectivity index (χ0) is 18.9. The molecule has 0 aromatic heterocycles. The third kappa shape index (κ3) is 17.6. The third-order valence-electron chi connectivity index (χ3n) is 3.57. The van der Waals surface area contributed by atoms with Gasteiger partial charge in [-0.05, 0) is 32.1 Å². The largest absolute Gasteiger partial charge is 0.393 e. The van der Waals surface area contributed by atoms with Crippen LogP contribution in [0.3, 0.4) is 0 Å². The molecule has 0 saturated heterocycles. The fourth-order valence-corrected chi connectivity index (χ4v) is 2.77. The van der Waals surface area contributed by atoms with E-state index in [2.05, 4.69) is 24.1 Å². The van der Waals surface area contributed by atoms with E-state index in [1.807, 2.05) is 0 Å². The number of rotatable bonds is 13. The van der Waals surface area contributed by atoms with Crippen LogP contribution in [0, 0.1) is 11.8 Å². The van der Waals surface area contributed by atoms with Gasteiger partial charge in [0.2, 0.25) is 5.91 Å². The molecule has 0 aromatic carbocycles. The molecule has 6 heteroatoms. The van der Waals surface area contributed by atoms with Crippen molar-refractivity contribution in [3.63, 3.8) is 0 Å². The standard InChI is InChI=1S/C19H33NO4S/c1-3-4-5-6-7-11-18(23)20-13-14-25-19(24)12-9-8-10-17(22)15-16(2)21/h16-17,21-22H,3-8,10-11,13-15H2,1-2H3,(H,20,23)/t16-,17-/m0/s1. The van der Waals surface area contributed by atoms with Gasteiger partial charge in [-0.25, -0.2) is 0 Å². The number of amides is 1. The van der Waals surface area contributed by atoms with Crippen LogP contribution in [0.2, 0.25) is 0 Å². The Bertz CT molecular complexity index is 429. The van der Waals surface area contributed by atoms with E-state index in [0.29, 0.717) is 38.0 Å². The van der Waals surface area contributed by atoms with Gasteiger partial charge in [-0.15, -0.1) is 0 Å². The van der Waals surface area contributed by atoms with E-state index in [0.717, 1.165) is 24.6 Å². The number of unbranched alkanes of at least 4 members (excludes halogenated alkanes) is 4. The van der Waals surface area contributed by atoms with Gasteiger partial charge < -0.3 is 15.5 Å². The van der Waals surface area contributed by atoms with Crippen molar-refractivity contribution < 1.29 is 19.8 Å². The second kappa shape index (κ2) is 16.4. The van der Waals surface area contributed by atoms with Gasteiger partial charge in [0.1, 0.15) is 0 Å². The van der Waals surface area contributed by atoms with Gasteiger partial charge in [-0.2, -0.15) is 0 Å². The zero-order valence-corrected chi connectivity index (χ0v) is 16.4. The Kier molecular flexibility index (Phi) is 15.8. The summed E-state index contributed by atoms with van der Waals surface area (Å²) >= 11 is 1.09. The van der Waals surface area contributed by atoms with Gasteiger partial charge in [0.15, 0.2) is 0 Å². The van der Waals surface area contributed by atoms with Gasteiger partial charge in [0, 0.05) is 25.1 Å². The minimum Gasteiger partial charge on any atom is -0.393 e. The SMILES string of the molecule is CCCCCCCC(=O)NCCSC(=O)C#CCC[C@H](O)C[C@H](C)O. The van der Waals surface area contributed by atoms with E-state index >= 15 is 0 Å². The number of aliphatic hydroxyl groups is 2. The number of thioether (sulfide) groups is 1. The van der Waals surface area contributed by atoms with Crippen LogP contribution >= 0.6 is 11.8 Å². The molecule has 3 N–H and O–H groups in total. The minimum atomic E-state index is -0.589. The van der Waals surface area contributed by atoms with Gasteiger partial charge in [0.05, 0.1) is 12.2 Å². The van der Waals surface area contributed by atoms with Crippen molar-refractivity contribution in [3.8, 4) is 11.8 Å². The smallest absolute Gasteiger partial charge is 0.262 e. The van der Waals surface area contributed by atoms with Crippen LogP contribution < -0.4 is 5.32 Å². The molecule has 0 aliphatic carbocycles.